The van der Waals surface area contributed by atoms with Crippen molar-refractivity contribution in [2.45, 2.75) is 18.9 Å². The summed E-state index contributed by atoms with van der Waals surface area (Å²) in [7, 11) is 0. The number of nitrogens with zero attached hydrogens (tertiary/aromatic N) is 2. The minimum absolute atomic E-state index is 0.0354. The predicted octanol–water partition coefficient (Wildman–Crippen LogP) is 2.06. The van der Waals surface area contributed by atoms with Crippen molar-refractivity contribution in [3.05, 3.63) is 42.1 Å². The van der Waals surface area contributed by atoms with Crippen LogP contribution in [0.25, 0.3) is 10.9 Å². The molecule has 21 heavy (non-hydrogen) atoms. The van der Waals surface area contributed by atoms with Crippen molar-refractivity contribution in [1.29, 1.82) is 0 Å². The largest absolute Gasteiger partial charge is 0.348 e. The second-order valence-electron chi connectivity index (χ2n) is 6.23. The fourth-order valence-corrected chi connectivity index (χ4v) is 3.65. The number of fused-ring (bicyclic) bond motifs is 3. The van der Waals surface area contributed by atoms with Crippen LogP contribution in [0.4, 0.5) is 0 Å². The van der Waals surface area contributed by atoms with E-state index in [2.05, 4.69) is 15.2 Å². The number of carbonyl (C=O) groups excluding carboxylic acids is 1. The molecule has 4 heteroatoms. The molecule has 2 fully saturated rings. The van der Waals surface area contributed by atoms with Crippen LogP contribution < -0.4 is 5.32 Å². The molecule has 0 radical (unpaired) electrons. The van der Waals surface area contributed by atoms with Gasteiger partial charge in [0, 0.05) is 36.3 Å². The van der Waals surface area contributed by atoms with Crippen molar-refractivity contribution >= 4 is 16.8 Å². The molecule has 4 nitrogen and oxygen atoms in total. The molecule has 2 aliphatic heterocycles. The highest BCUT2D eigenvalue weighted by atomic mass is 16.1. The first-order valence-electron chi connectivity index (χ1n) is 7.66. The predicted molar refractivity (Wildman–Crippen MR) is 82.2 cm³/mol. The first-order valence-corrected chi connectivity index (χ1v) is 7.66. The Hall–Kier alpha value is -1.94. The summed E-state index contributed by atoms with van der Waals surface area (Å²) in [5.74, 6) is 0.804. The molecule has 3 heterocycles. The molecule has 0 spiro atoms. The van der Waals surface area contributed by atoms with E-state index >= 15 is 0 Å². The maximum absolute atomic E-state index is 12.4. The lowest BCUT2D eigenvalue weighted by Gasteiger charge is -2.30. The van der Waals surface area contributed by atoms with Gasteiger partial charge in [-0.1, -0.05) is 6.07 Å². The molecule has 2 aromatic rings. The van der Waals surface area contributed by atoms with Crippen molar-refractivity contribution in [2.24, 2.45) is 5.92 Å². The number of pyridine rings is 1. The number of nitrogens with one attached hydrogen (secondary N) is 1. The second kappa shape index (κ2) is 5.11. The van der Waals surface area contributed by atoms with Gasteiger partial charge in [0.25, 0.3) is 5.91 Å². The van der Waals surface area contributed by atoms with Gasteiger partial charge >= 0.3 is 0 Å². The average Bonchev–Trinajstić information content (AvgIpc) is 2.85. The van der Waals surface area contributed by atoms with Crippen LogP contribution in [0.1, 0.15) is 23.2 Å². The van der Waals surface area contributed by atoms with E-state index in [1.165, 1.54) is 19.5 Å². The van der Waals surface area contributed by atoms with Crippen LogP contribution in [0.3, 0.4) is 0 Å². The van der Waals surface area contributed by atoms with Crippen LogP contribution in [0.5, 0.6) is 0 Å². The van der Waals surface area contributed by atoms with Gasteiger partial charge in [0.1, 0.15) is 0 Å². The molecule has 4 rings (SSSR count). The van der Waals surface area contributed by atoms with Crippen LogP contribution in [0, 0.1) is 5.92 Å². The Balaban J connectivity index is 1.50. The van der Waals surface area contributed by atoms with Crippen molar-refractivity contribution < 1.29 is 4.79 Å². The number of benzene rings is 1. The third-order valence-electron chi connectivity index (χ3n) is 4.67. The molecule has 0 saturated carbocycles. The van der Waals surface area contributed by atoms with E-state index < -0.39 is 0 Å². The molecule has 0 aliphatic carbocycles. The van der Waals surface area contributed by atoms with Crippen molar-refractivity contribution in [3.63, 3.8) is 0 Å². The summed E-state index contributed by atoms with van der Waals surface area (Å²) in [6, 6.07) is 9.89. The Morgan fingerprint density at radius 1 is 1.29 bits per heavy atom. The zero-order chi connectivity index (χ0) is 14.2. The summed E-state index contributed by atoms with van der Waals surface area (Å²) < 4.78 is 0. The molecule has 1 aromatic carbocycles. The maximum atomic E-state index is 12.4. The molecule has 2 bridgehead atoms. The normalized spacial score (nSPS) is 27.7. The van der Waals surface area contributed by atoms with E-state index in [0.717, 1.165) is 35.3 Å². The van der Waals surface area contributed by atoms with Gasteiger partial charge in [-0.2, -0.15) is 0 Å². The number of aromatic nitrogens is 1. The summed E-state index contributed by atoms with van der Waals surface area (Å²) in [6.45, 7) is 3.41. The van der Waals surface area contributed by atoms with E-state index in [1.54, 1.807) is 6.20 Å². The van der Waals surface area contributed by atoms with Gasteiger partial charge < -0.3 is 10.2 Å². The van der Waals surface area contributed by atoms with Gasteiger partial charge in [-0.25, -0.2) is 0 Å². The van der Waals surface area contributed by atoms with E-state index in [4.69, 9.17) is 0 Å². The number of hydrogen-bond acceptors (Lipinski definition) is 3. The third kappa shape index (κ3) is 2.51. The molecular formula is C17H19N3O. The summed E-state index contributed by atoms with van der Waals surface area (Å²) >= 11 is 0. The third-order valence-corrected chi connectivity index (χ3v) is 4.67. The molecule has 2 saturated heterocycles. The number of amides is 1. The van der Waals surface area contributed by atoms with Crippen LogP contribution >= 0.6 is 0 Å². The number of hydrogen-bond donors (Lipinski definition) is 1. The van der Waals surface area contributed by atoms with Gasteiger partial charge in [-0.3, -0.25) is 9.78 Å². The Bertz CT molecular complexity index is 673. The number of carbonyl (C=O) groups is 1. The van der Waals surface area contributed by atoms with Crippen molar-refractivity contribution in [3.8, 4) is 0 Å². The molecule has 1 unspecified atom stereocenters. The number of rotatable bonds is 2. The topological polar surface area (TPSA) is 45.2 Å². The minimum Gasteiger partial charge on any atom is -0.348 e. The van der Waals surface area contributed by atoms with Crippen LogP contribution in [0.15, 0.2) is 36.5 Å². The average molecular weight is 281 g/mol. The van der Waals surface area contributed by atoms with E-state index in [1.807, 2.05) is 30.3 Å². The summed E-state index contributed by atoms with van der Waals surface area (Å²) in [5, 5.41) is 4.21. The molecule has 1 N–H and O–H groups in total. The summed E-state index contributed by atoms with van der Waals surface area (Å²) in [4.78, 5) is 19.2. The second-order valence-corrected chi connectivity index (χ2v) is 6.23. The van der Waals surface area contributed by atoms with Crippen LogP contribution in [-0.2, 0) is 0 Å². The van der Waals surface area contributed by atoms with Crippen LogP contribution in [0.2, 0.25) is 0 Å². The molecule has 3 atom stereocenters. The zero-order valence-electron chi connectivity index (χ0n) is 12.0. The van der Waals surface area contributed by atoms with Gasteiger partial charge in [0.2, 0.25) is 0 Å². The van der Waals surface area contributed by atoms with Gasteiger partial charge in [-0.15, -0.1) is 0 Å². The van der Waals surface area contributed by atoms with Gasteiger partial charge in [0.15, 0.2) is 0 Å². The first kappa shape index (κ1) is 12.8. The lowest BCUT2D eigenvalue weighted by molar-refractivity contribution is 0.0909. The lowest BCUT2D eigenvalue weighted by atomic mass is 9.96. The molecule has 1 aromatic heterocycles. The minimum atomic E-state index is 0.0354. The highest BCUT2D eigenvalue weighted by Crippen LogP contribution is 2.26. The van der Waals surface area contributed by atoms with Crippen LogP contribution in [-0.4, -0.2) is 41.5 Å². The number of piperidine rings is 1. The van der Waals surface area contributed by atoms with Gasteiger partial charge in [0.05, 0.1) is 5.52 Å². The Morgan fingerprint density at radius 2 is 2.24 bits per heavy atom. The fourth-order valence-electron chi connectivity index (χ4n) is 3.65. The van der Waals surface area contributed by atoms with E-state index in [0.29, 0.717) is 6.04 Å². The highest BCUT2D eigenvalue weighted by molar-refractivity contribution is 5.98. The Labute approximate surface area is 124 Å². The molecule has 1 amide bonds. The summed E-state index contributed by atoms with van der Waals surface area (Å²) in [5.41, 5.74) is 1.65. The zero-order valence-corrected chi connectivity index (χ0v) is 12.0. The smallest absolute Gasteiger partial charge is 0.251 e. The standard InChI is InChI=1S/C17H19N3O/c21-17(19-15-8-12-5-7-20(10-12)11-15)14-3-4-16-13(9-14)2-1-6-18-16/h1-4,6,9,12,15H,5,7-8,10-11H2,(H,19,21)/t12-,15+/m0/s1. The lowest BCUT2D eigenvalue weighted by Crippen LogP contribution is -2.47. The molecule has 108 valence electrons. The van der Waals surface area contributed by atoms with Gasteiger partial charge in [-0.05, 0) is 49.6 Å². The quantitative estimate of drug-likeness (QED) is 0.916. The first-order chi connectivity index (χ1) is 10.3. The Kier molecular flexibility index (Phi) is 3.11. The summed E-state index contributed by atoms with van der Waals surface area (Å²) in [6.07, 6.45) is 4.18. The SMILES string of the molecule is O=C(N[C@@H]1C[C@@H]2CCN(C2)C1)c1ccc2ncccc2c1. The maximum Gasteiger partial charge on any atom is 0.251 e. The van der Waals surface area contributed by atoms with Crippen molar-refractivity contribution in [1.82, 2.24) is 15.2 Å². The Morgan fingerprint density at radius 3 is 3.14 bits per heavy atom. The van der Waals surface area contributed by atoms with Crippen molar-refractivity contribution in [2.75, 3.05) is 19.6 Å². The molecular weight excluding hydrogens is 262 g/mol. The monoisotopic (exact) mass is 281 g/mol. The van der Waals surface area contributed by atoms with E-state index in [9.17, 15) is 4.79 Å². The van der Waals surface area contributed by atoms with E-state index in [-0.39, 0.29) is 5.91 Å². The fraction of sp³-hybridized carbons (Fsp3) is 0.412. The highest BCUT2D eigenvalue weighted by Gasteiger charge is 2.32. The molecule has 2 aliphatic rings.